The fourth-order valence-corrected chi connectivity index (χ4v) is 3.39. The summed E-state index contributed by atoms with van der Waals surface area (Å²) in [6.07, 6.45) is 0. The molecule has 0 radical (unpaired) electrons. The number of anilines is 1. The van der Waals surface area contributed by atoms with E-state index >= 15 is 0 Å². The number of hydrogen-bond donors (Lipinski definition) is 1. The van der Waals surface area contributed by atoms with Gasteiger partial charge in [0.2, 0.25) is 0 Å². The second-order valence-electron chi connectivity index (χ2n) is 4.27. The third kappa shape index (κ3) is 3.47. The Kier molecular flexibility index (Phi) is 4.96. The minimum atomic E-state index is -0.156. The van der Waals surface area contributed by atoms with Crippen LogP contribution in [-0.4, -0.2) is 17.9 Å². The van der Waals surface area contributed by atoms with Gasteiger partial charge in [0.25, 0.3) is 5.91 Å². The van der Waals surface area contributed by atoms with Crippen molar-refractivity contribution >= 4 is 62.1 Å². The van der Waals surface area contributed by atoms with Gasteiger partial charge in [-0.15, -0.1) is 11.3 Å². The zero-order valence-electron chi connectivity index (χ0n) is 10.5. The van der Waals surface area contributed by atoms with E-state index in [1.807, 2.05) is 11.4 Å². The maximum Gasteiger partial charge on any atom is 0.254 e. The largest absolute Gasteiger partial charge is 0.396 e. The molecule has 2 rings (SSSR count). The Hall–Kier alpha value is -0.750. The first-order valence-electron chi connectivity index (χ1n) is 5.61. The Balaban J connectivity index is 2.18. The fourth-order valence-electron chi connectivity index (χ4n) is 1.70. The van der Waals surface area contributed by atoms with Gasteiger partial charge >= 0.3 is 0 Å². The molecule has 1 heterocycles. The van der Waals surface area contributed by atoms with E-state index in [4.69, 9.17) is 28.9 Å². The summed E-state index contributed by atoms with van der Waals surface area (Å²) >= 11 is 16.9. The van der Waals surface area contributed by atoms with Crippen LogP contribution in [0.5, 0.6) is 0 Å². The van der Waals surface area contributed by atoms with Gasteiger partial charge in [-0.2, -0.15) is 0 Å². The first kappa shape index (κ1) is 15.6. The Labute approximate surface area is 139 Å². The summed E-state index contributed by atoms with van der Waals surface area (Å²) < 4.78 is 1.03. The number of nitrogen functional groups attached to an aromatic ring is 1. The SMILES string of the molecule is CN(Cc1csc(Br)c1)C(=O)c1cc(Cl)c(N)c(Cl)c1. The number of benzene rings is 1. The first-order chi connectivity index (χ1) is 9.38. The number of rotatable bonds is 3. The molecule has 106 valence electrons. The molecule has 1 aromatic heterocycles. The van der Waals surface area contributed by atoms with E-state index in [-0.39, 0.29) is 21.6 Å². The summed E-state index contributed by atoms with van der Waals surface area (Å²) in [5.74, 6) is -0.156. The molecule has 7 heteroatoms. The van der Waals surface area contributed by atoms with Gasteiger partial charge in [-0.25, -0.2) is 0 Å². The molecule has 0 aliphatic heterocycles. The Morgan fingerprint density at radius 3 is 2.45 bits per heavy atom. The maximum atomic E-state index is 12.3. The number of nitrogens with zero attached hydrogens (tertiary/aromatic N) is 1. The number of amides is 1. The van der Waals surface area contributed by atoms with Crippen molar-refractivity contribution in [3.8, 4) is 0 Å². The van der Waals surface area contributed by atoms with Gasteiger partial charge < -0.3 is 10.6 Å². The van der Waals surface area contributed by atoms with Crippen LogP contribution in [-0.2, 0) is 6.54 Å². The van der Waals surface area contributed by atoms with Crippen LogP contribution in [0.2, 0.25) is 10.0 Å². The number of carbonyl (C=O) groups is 1. The van der Waals surface area contributed by atoms with Gasteiger partial charge in [-0.3, -0.25) is 4.79 Å². The minimum Gasteiger partial charge on any atom is -0.396 e. The average molecular weight is 394 g/mol. The van der Waals surface area contributed by atoms with Gasteiger partial charge in [-0.1, -0.05) is 23.2 Å². The Morgan fingerprint density at radius 2 is 1.95 bits per heavy atom. The summed E-state index contributed by atoms with van der Waals surface area (Å²) in [6, 6.07) is 5.05. The lowest BCUT2D eigenvalue weighted by Crippen LogP contribution is -2.26. The van der Waals surface area contributed by atoms with Crippen LogP contribution in [0.3, 0.4) is 0 Å². The third-order valence-electron chi connectivity index (χ3n) is 2.71. The predicted molar refractivity (Wildman–Crippen MR) is 88.7 cm³/mol. The highest BCUT2D eigenvalue weighted by Crippen LogP contribution is 2.29. The molecule has 2 N–H and O–H groups in total. The molecule has 0 bridgehead atoms. The number of hydrogen-bond acceptors (Lipinski definition) is 3. The van der Waals surface area contributed by atoms with E-state index in [2.05, 4.69) is 15.9 Å². The average Bonchev–Trinajstić information content (AvgIpc) is 2.79. The monoisotopic (exact) mass is 392 g/mol. The molecule has 1 aromatic carbocycles. The van der Waals surface area contributed by atoms with Crippen molar-refractivity contribution in [3.63, 3.8) is 0 Å². The van der Waals surface area contributed by atoms with Gasteiger partial charge in [0, 0.05) is 19.2 Å². The molecule has 3 nitrogen and oxygen atoms in total. The van der Waals surface area contributed by atoms with Crippen molar-refractivity contribution in [2.45, 2.75) is 6.54 Å². The molecule has 0 aliphatic rings. The fraction of sp³-hybridized carbons (Fsp3) is 0.154. The van der Waals surface area contributed by atoms with Gasteiger partial charge in [-0.05, 0) is 45.1 Å². The van der Waals surface area contributed by atoms with Crippen molar-refractivity contribution in [1.82, 2.24) is 4.90 Å². The molecule has 0 saturated carbocycles. The molecular weight excluding hydrogens is 383 g/mol. The molecule has 0 unspecified atom stereocenters. The minimum absolute atomic E-state index is 0.156. The Morgan fingerprint density at radius 1 is 1.35 bits per heavy atom. The highest BCUT2D eigenvalue weighted by molar-refractivity contribution is 9.11. The summed E-state index contributed by atoms with van der Waals surface area (Å²) in [6.45, 7) is 0.514. The van der Waals surface area contributed by atoms with Crippen LogP contribution in [0.4, 0.5) is 5.69 Å². The lowest BCUT2D eigenvalue weighted by Gasteiger charge is -2.17. The van der Waals surface area contributed by atoms with Crippen molar-refractivity contribution in [3.05, 3.63) is 48.5 Å². The molecule has 1 amide bonds. The summed E-state index contributed by atoms with van der Waals surface area (Å²) in [4.78, 5) is 13.9. The van der Waals surface area contributed by atoms with Crippen molar-refractivity contribution in [1.29, 1.82) is 0 Å². The highest BCUT2D eigenvalue weighted by Gasteiger charge is 2.15. The van der Waals surface area contributed by atoms with E-state index in [9.17, 15) is 4.79 Å². The normalized spacial score (nSPS) is 10.6. The number of nitrogens with two attached hydrogens (primary N) is 1. The standard InChI is InChI=1S/C13H11BrCl2N2OS/c1-18(5-7-2-11(14)20-6-7)13(19)8-3-9(15)12(17)10(16)4-8/h2-4,6H,5,17H2,1H3. The first-order valence-corrected chi connectivity index (χ1v) is 8.04. The number of halogens is 3. The van der Waals surface area contributed by atoms with Crippen LogP contribution in [0.25, 0.3) is 0 Å². The van der Waals surface area contributed by atoms with Gasteiger partial charge in [0.1, 0.15) is 0 Å². The maximum absolute atomic E-state index is 12.3. The summed E-state index contributed by atoms with van der Waals surface area (Å²) in [5.41, 5.74) is 7.43. The van der Waals surface area contributed by atoms with Crippen LogP contribution < -0.4 is 5.73 Å². The summed E-state index contributed by atoms with van der Waals surface area (Å²) in [5, 5.41) is 2.57. The smallest absolute Gasteiger partial charge is 0.254 e. The van der Waals surface area contributed by atoms with E-state index in [0.29, 0.717) is 12.1 Å². The molecule has 0 aliphatic carbocycles. The number of thiophene rings is 1. The highest BCUT2D eigenvalue weighted by atomic mass is 79.9. The van der Waals surface area contributed by atoms with Gasteiger partial charge in [0.05, 0.1) is 19.5 Å². The van der Waals surface area contributed by atoms with Crippen LogP contribution in [0.1, 0.15) is 15.9 Å². The predicted octanol–water partition coefficient (Wildman–Crippen LogP) is 4.67. The van der Waals surface area contributed by atoms with E-state index in [1.54, 1.807) is 23.3 Å². The molecule has 0 saturated heterocycles. The van der Waals surface area contributed by atoms with Crippen molar-refractivity contribution < 1.29 is 4.79 Å². The third-order valence-corrected chi connectivity index (χ3v) is 4.89. The van der Waals surface area contributed by atoms with Crippen LogP contribution in [0, 0.1) is 0 Å². The quantitative estimate of drug-likeness (QED) is 0.770. The van der Waals surface area contributed by atoms with Crippen molar-refractivity contribution in [2.75, 3.05) is 12.8 Å². The van der Waals surface area contributed by atoms with Crippen LogP contribution in [0.15, 0.2) is 27.4 Å². The second kappa shape index (κ2) is 6.35. The van der Waals surface area contributed by atoms with E-state index in [1.165, 1.54) is 12.1 Å². The van der Waals surface area contributed by atoms with Crippen LogP contribution >= 0.6 is 50.5 Å². The van der Waals surface area contributed by atoms with E-state index < -0.39 is 0 Å². The number of carbonyl (C=O) groups excluding carboxylic acids is 1. The topological polar surface area (TPSA) is 46.3 Å². The molecule has 0 spiro atoms. The van der Waals surface area contributed by atoms with E-state index in [0.717, 1.165) is 9.35 Å². The second-order valence-corrected chi connectivity index (χ2v) is 7.38. The lowest BCUT2D eigenvalue weighted by atomic mass is 10.1. The summed E-state index contributed by atoms with van der Waals surface area (Å²) in [7, 11) is 1.73. The zero-order valence-corrected chi connectivity index (χ0v) is 14.4. The molecule has 0 atom stereocenters. The lowest BCUT2D eigenvalue weighted by molar-refractivity contribution is 0.0785. The molecule has 0 fully saturated rings. The molecule has 2 aromatic rings. The zero-order chi connectivity index (χ0) is 14.9. The molecule has 20 heavy (non-hydrogen) atoms. The Bertz CT molecular complexity index is 637. The van der Waals surface area contributed by atoms with Crippen molar-refractivity contribution in [2.24, 2.45) is 0 Å². The van der Waals surface area contributed by atoms with Gasteiger partial charge in [0.15, 0.2) is 0 Å². The molecular formula is C13H11BrCl2N2OS.